The molecule has 0 radical (unpaired) electrons. The van der Waals surface area contributed by atoms with Gasteiger partial charge < -0.3 is 10.1 Å². The van der Waals surface area contributed by atoms with E-state index in [9.17, 15) is 18.8 Å². The van der Waals surface area contributed by atoms with E-state index >= 15 is 0 Å². The first-order chi connectivity index (χ1) is 12.4. The van der Waals surface area contributed by atoms with Gasteiger partial charge in [0.1, 0.15) is 11.5 Å². The third-order valence-electron chi connectivity index (χ3n) is 3.42. The van der Waals surface area contributed by atoms with Gasteiger partial charge in [0, 0.05) is 12.5 Å². The van der Waals surface area contributed by atoms with Crippen LogP contribution < -0.4 is 5.32 Å². The summed E-state index contributed by atoms with van der Waals surface area (Å²) in [4.78, 5) is 36.0. The molecular weight excluding hydrogens is 337 g/mol. The average Bonchev–Trinajstić information content (AvgIpc) is 2.61. The number of Topliss-reactive ketones (excluding diaryl/α,β-unsaturated/α-hetero) is 1. The number of hydrogen-bond donors (Lipinski definition) is 1. The summed E-state index contributed by atoms with van der Waals surface area (Å²) in [7, 11) is 0. The van der Waals surface area contributed by atoms with Crippen LogP contribution in [0.2, 0.25) is 0 Å². The Kier molecular flexibility index (Phi) is 6.38. The van der Waals surface area contributed by atoms with Crippen LogP contribution in [0.3, 0.4) is 0 Å². The molecule has 0 saturated carbocycles. The second-order valence-corrected chi connectivity index (χ2v) is 5.57. The van der Waals surface area contributed by atoms with Crippen molar-refractivity contribution < 1.29 is 23.5 Å². The number of benzene rings is 2. The normalized spacial score (nSPS) is 12.2. The smallest absolute Gasteiger partial charge is 0.355 e. The molecule has 1 atom stereocenters. The molecule has 0 bridgehead atoms. The molecule has 5 nitrogen and oxygen atoms in total. The Labute approximate surface area is 150 Å². The highest BCUT2D eigenvalue weighted by atomic mass is 19.1. The van der Waals surface area contributed by atoms with Gasteiger partial charge in [-0.25, -0.2) is 9.18 Å². The van der Waals surface area contributed by atoms with Crippen LogP contribution >= 0.6 is 0 Å². The largest absolute Gasteiger partial charge is 0.450 e. The summed E-state index contributed by atoms with van der Waals surface area (Å²) < 4.78 is 18.1. The number of ketones is 1. The van der Waals surface area contributed by atoms with Gasteiger partial charge >= 0.3 is 5.97 Å². The van der Waals surface area contributed by atoms with Gasteiger partial charge in [-0.3, -0.25) is 9.59 Å². The van der Waals surface area contributed by atoms with Gasteiger partial charge in [-0.05, 0) is 42.8 Å². The SMILES string of the molecule is CC(=O)N/C(=C\c1ccccc1)C(=O)OC(C)C(=O)c1ccc(F)cc1. The molecular formula is C20H18FNO4. The van der Waals surface area contributed by atoms with E-state index in [0.717, 1.165) is 12.1 Å². The van der Waals surface area contributed by atoms with Gasteiger partial charge in [-0.2, -0.15) is 0 Å². The van der Waals surface area contributed by atoms with Crippen LogP contribution in [0, 0.1) is 5.82 Å². The van der Waals surface area contributed by atoms with Crippen LogP contribution in [-0.4, -0.2) is 23.8 Å². The summed E-state index contributed by atoms with van der Waals surface area (Å²) in [6.45, 7) is 2.68. The van der Waals surface area contributed by atoms with Gasteiger partial charge in [0.15, 0.2) is 6.10 Å². The summed E-state index contributed by atoms with van der Waals surface area (Å²) in [5.74, 6) is -2.22. The molecule has 0 spiro atoms. The van der Waals surface area contributed by atoms with E-state index in [0.29, 0.717) is 5.56 Å². The van der Waals surface area contributed by atoms with Crippen LogP contribution in [0.25, 0.3) is 6.08 Å². The summed E-state index contributed by atoms with van der Waals surface area (Å²) in [5, 5.41) is 2.41. The van der Waals surface area contributed by atoms with Crippen molar-refractivity contribution >= 4 is 23.7 Å². The number of ether oxygens (including phenoxy) is 1. The van der Waals surface area contributed by atoms with Crippen molar-refractivity contribution in [2.24, 2.45) is 0 Å². The van der Waals surface area contributed by atoms with Gasteiger partial charge in [-0.15, -0.1) is 0 Å². The van der Waals surface area contributed by atoms with Crippen molar-refractivity contribution in [1.29, 1.82) is 0 Å². The van der Waals surface area contributed by atoms with Crippen molar-refractivity contribution in [3.8, 4) is 0 Å². The molecule has 0 aliphatic carbocycles. The maximum Gasteiger partial charge on any atom is 0.355 e. The third kappa shape index (κ3) is 5.37. The molecule has 1 unspecified atom stereocenters. The van der Waals surface area contributed by atoms with Crippen LogP contribution in [0.4, 0.5) is 4.39 Å². The number of nitrogens with one attached hydrogen (secondary N) is 1. The van der Waals surface area contributed by atoms with Gasteiger partial charge in [0.25, 0.3) is 0 Å². The quantitative estimate of drug-likeness (QED) is 0.491. The molecule has 1 amide bonds. The summed E-state index contributed by atoms with van der Waals surface area (Å²) >= 11 is 0. The molecule has 2 aromatic rings. The predicted molar refractivity (Wildman–Crippen MR) is 94.5 cm³/mol. The number of amides is 1. The number of halogens is 1. The Morgan fingerprint density at radius 2 is 1.65 bits per heavy atom. The monoisotopic (exact) mass is 355 g/mol. The average molecular weight is 355 g/mol. The molecule has 1 N–H and O–H groups in total. The van der Waals surface area contributed by atoms with Crippen molar-refractivity contribution in [1.82, 2.24) is 5.32 Å². The zero-order valence-corrected chi connectivity index (χ0v) is 14.4. The molecule has 2 rings (SSSR count). The van der Waals surface area contributed by atoms with E-state index in [1.54, 1.807) is 24.3 Å². The lowest BCUT2D eigenvalue weighted by Gasteiger charge is -2.14. The van der Waals surface area contributed by atoms with Crippen molar-refractivity contribution in [2.75, 3.05) is 0 Å². The fraction of sp³-hybridized carbons (Fsp3) is 0.150. The van der Waals surface area contributed by atoms with Crippen LogP contribution in [0.5, 0.6) is 0 Å². The minimum absolute atomic E-state index is 0.0811. The van der Waals surface area contributed by atoms with Crippen LogP contribution in [0.15, 0.2) is 60.3 Å². The van der Waals surface area contributed by atoms with E-state index in [-0.39, 0.29) is 11.3 Å². The minimum Gasteiger partial charge on any atom is -0.450 e. The molecule has 0 aromatic heterocycles. The van der Waals surface area contributed by atoms with Gasteiger partial charge in [0.05, 0.1) is 0 Å². The van der Waals surface area contributed by atoms with Gasteiger partial charge in [0.2, 0.25) is 11.7 Å². The maximum atomic E-state index is 13.0. The second-order valence-electron chi connectivity index (χ2n) is 5.57. The molecule has 26 heavy (non-hydrogen) atoms. The minimum atomic E-state index is -1.10. The number of esters is 1. The lowest BCUT2D eigenvalue weighted by molar-refractivity contribution is -0.142. The van der Waals surface area contributed by atoms with E-state index in [4.69, 9.17) is 4.74 Å². The van der Waals surface area contributed by atoms with Crippen molar-refractivity contribution in [3.63, 3.8) is 0 Å². The zero-order valence-electron chi connectivity index (χ0n) is 14.4. The standard InChI is InChI=1S/C20H18FNO4/c1-13(19(24)16-8-10-17(21)11-9-16)26-20(25)18(22-14(2)23)12-15-6-4-3-5-7-15/h3-13H,1-2H3,(H,22,23)/b18-12-. The summed E-state index contributed by atoms with van der Waals surface area (Å²) in [5.41, 5.74) is 0.827. The Morgan fingerprint density at radius 3 is 2.23 bits per heavy atom. The molecule has 0 heterocycles. The predicted octanol–water partition coefficient (Wildman–Crippen LogP) is 3.12. The van der Waals surface area contributed by atoms with Crippen LogP contribution in [-0.2, 0) is 14.3 Å². The summed E-state index contributed by atoms with van der Waals surface area (Å²) in [6.07, 6.45) is 0.361. The fourth-order valence-electron chi connectivity index (χ4n) is 2.18. The highest BCUT2D eigenvalue weighted by Crippen LogP contribution is 2.11. The number of hydrogen-bond acceptors (Lipinski definition) is 4. The number of carbonyl (C=O) groups is 3. The van der Waals surface area contributed by atoms with E-state index < -0.39 is 29.6 Å². The number of carbonyl (C=O) groups excluding carboxylic acids is 3. The Hall–Kier alpha value is -3.28. The maximum absolute atomic E-state index is 13.0. The second kappa shape index (κ2) is 8.71. The van der Waals surface area contributed by atoms with Crippen molar-refractivity contribution in [2.45, 2.75) is 20.0 Å². The van der Waals surface area contributed by atoms with Crippen molar-refractivity contribution in [3.05, 3.63) is 77.2 Å². The molecule has 0 saturated heterocycles. The molecule has 2 aromatic carbocycles. The van der Waals surface area contributed by atoms with E-state index in [2.05, 4.69) is 5.32 Å². The summed E-state index contributed by atoms with van der Waals surface area (Å²) in [6, 6.07) is 13.8. The van der Waals surface area contributed by atoms with E-state index in [1.807, 2.05) is 6.07 Å². The highest BCUT2D eigenvalue weighted by molar-refractivity contribution is 6.03. The lowest BCUT2D eigenvalue weighted by atomic mass is 10.1. The van der Waals surface area contributed by atoms with Crippen LogP contribution in [0.1, 0.15) is 29.8 Å². The topological polar surface area (TPSA) is 72.5 Å². The first-order valence-electron chi connectivity index (χ1n) is 7.92. The first kappa shape index (κ1) is 19.1. The fourth-order valence-corrected chi connectivity index (χ4v) is 2.18. The molecule has 0 aliphatic rings. The molecule has 0 fully saturated rings. The first-order valence-corrected chi connectivity index (χ1v) is 7.92. The number of rotatable bonds is 6. The molecule has 134 valence electrons. The zero-order chi connectivity index (χ0) is 19.1. The van der Waals surface area contributed by atoms with E-state index in [1.165, 1.54) is 32.1 Å². The lowest BCUT2D eigenvalue weighted by Crippen LogP contribution is -2.31. The Bertz CT molecular complexity index is 829. The third-order valence-corrected chi connectivity index (χ3v) is 3.42. The molecule has 6 heteroatoms. The van der Waals surface area contributed by atoms with Gasteiger partial charge in [-0.1, -0.05) is 30.3 Å². The Balaban J connectivity index is 2.15. The Morgan fingerprint density at radius 1 is 1.04 bits per heavy atom. The highest BCUT2D eigenvalue weighted by Gasteiger charge is 2.22. The molecule has 0 aliphatic heterocycles.